The van der Waals surface area contributed by atoms with Crippen LogP contribution in [0, 0.1) is 0 Å². The van der Waals surface area contributed by atoms with Crippen LogP contribution in [-0.2, 0) is 0 Å². The van der Waals surface area contributed by atoms with Gasteiger partial charge in [0.15, 0.2) is 0 Å². The molecule has 0 unspecified atom stereocenters. The molecule has 1 aliphatic heterocycles. The van der Waals surface area contributed by atoms with Gasteiger partial charge in [0, 0.05) is 12.4 Å². The second-order valence-electron chi connectivity index (χ2n) is 5.32. The van der Waals surface area contributed by atoms with Gasteiger partial charge in [0.25, 0.3) is 0 Å². The van der Waals surface area contributed by atoms with E-state index in [0.29, 0.717) is 0 Å². The predicted molar refractivity (Wildman–Crippen MR) is 99.4 cm³/mol. The molecule has 4 aromatic carbocycles. The zero-order chi connectivity index (χ0) is 15.5. The lowest BCUT2D eigenvalue weighted by Gasteiger charge is -2.09. The Labute approximate surface area is 134 Å². The maximum Gasteiger partial charge on any atom is 0.135 e. The van der Waals surface area contributed by atoms with Crippen molar-refractivity contribution >= 4 is 44.9 Å². The maximum atomic E-state index is 3.70. The normalized spacial score (nSPS) is 13.0. The Hall–Kier alpha value is -3.20. The van der Waals surface area contributed by atoms with Crippen LogP contribution < -0.4 is 5.43 Å². The Morgan fingerprint density at radius 1 is 0.652 bits per heavy atom. The first-order valence-corrected chi connectivity index (χ1v) is 7.51. The van der Waals surface area contributed by atoms with Crippen LogP contribution in [-0.4, -0.2) is 12.6 Å². The van der Waals surface area contributed by atoms with E-state index in [1.54, 1.807) is 18.5 Å². The monoisotopic (exact) mass is 297 g/mol. The third kappa shape index (κ3) is 2.53. The molecule has 5 rings (SSSR count). The van der Waals surface area contributed by atoms with Crippen molar-refractivity contribution < 1.29 is 0 Å². The van der Waals surface area contributed by atoms with E-state index in [4.69, 9.17) is 0 Å². The molecule has 0 bridgehead atoms. The third-order valence-corrected chi connectivity index (χ3v) is 3.93. The van der Waals surface area contributed by atoms with E-state index >= 15 is 0 Å². The number of aliphatic imine (C=N–C) groups is 1. The molecule has 0 amide bonds. The fourth-order valence-electron chi connectivity index (χ4n) is 2.95. The quantitative estimate of drug-likeness (QED) is 0.469. The molecule has 4 aromatic rings. The summed E-state index contributed by atoms with van der Waals surface area (Å²) in [5, 5.41) is 11.8. The van der Waals surface area contributed by atoms with Crippen LogP contribution in [0.3, 0.4) is 0 Å². The molecule has 0 spiro atoms. The van der Waals surface area contributed by atoms with Gasteiger partial charge < -0.3 is 0 Å². The first-order valence-electron chi connectivity index (χ1n) is 7.51. The summed E-state index contributed by atoms with van der Waals surface area (Å²) in [4.78, 5) is 3.70. The molecular formula is C20H15N3. The highest BCUT2D eigenvalue weighted by Gasteiger charge is 2.05. The van der Waals surface area contributed by atoms with Crippen molar-refractivity contribution in [3.8, 4) is 0 Å². The minimum absolute atomic E-state index is 1.34. The van der Waals surface area contributed by atoms with Gasteiger partial charge in [-0.1, -0.05) is 60.7 Å². The van der Waals surface area contributed by atoms with E-state index in [1.165, 1.54) is 38.7 Å². The van der Waals surface area contributed by atoms with Crippen LogP contribution in [0.15, 0.2) is 83.0 Å². The number of hydrazone groups is 1. The Bertz CT molecular complexity index is 901. The highest BCUT2D eigenvalue weighted by atomic mass is 15.3. The molecule has 110 valence electrons. The predicted octanol–water partition coefficient (Wildman–Crippen LogP) is 4.70. The van der Waals surface area contributed by atoms with Gasteiger partial charge >= 0.3 is 0 Å². The maximum absolute atomic E-state index is 3.70. The molecule has 0 atom stereocenters. The lowest BCUT2D eigenvalue weighted by Crippen LogP contribution is -1.89. The average molecular weight is 297 g/mol. The number of hydrogen-bond donors (Lipinski definition) is 1. The molecule has 0 aliphatic carbocycles. The van der Waals surface area contributed by atoms with Gasteiger partial charge in [-0.3, -0.25) is 5.43 Å². The third-order valence-electron chi connectivity index (χ3n) is 3.93. The van der Waals surface area contributed by atoms with Crippen molar-refractivity contribution in [2.24, 2.45) is 10.1 Å². The zero-order valence-electron chi connectivity index (χ0n) is 12.5. The van der Waals surface area contributed by atoms with Gasteiger partial charge in [0.2, 0.25) is 0 Å². The number of rotatable bonds is 0. The van der Waals surface area contributed by atoms with E-state index < -0.39 is 0 Å². The SMILES string of the molecule is C1=CNN=CN=C1.c1cc2ccc3cccc4ccc(c1)c2c34. The second kappa shape index (κ2) is 5.89. The number of nitrogens with one attached hydrogen (secondary N) is 1. The Morgan fingerprint density at radius 2 is 1.17 bits per heavy atom. The smallest absolute Gasteiger partial charge is 0.135 e. The lowest BCUT2D eigenvalue weighted by atomic mass is 9.95. The molecule has 3 heteroatoms. The Kier molecular flexibility index (Phi) is 3.45. The average Bonchev–Trinajstić information content (AvgIpc) is 2.93. The van der Waals surface area contributed by atoms with Gasteiger partial charge in [-0.05, 0) is 38.4 Å². The summed E-state index contributed by atoms with van der Waals surface area (Å²) in [5.41, 5.74) is 2.61. The molecule has 23 heavy (non-hydrogen) atoms. The van der Waals surface area contributed by atoms with Gasteiger partial charge in [-0.15, -0.1) is 0 Å². The molecular weight excluding hydrogens is 282 g/mol. The van der Waals surface area contributed by atoms with E-state index in [1.807, 2.05) is 0 Å². The van der Waals surface area contributed by atoms with Crippen LogP contribution in [0.25, 0.3) is 32.3 Å². The molecule has 0 radical (unpaired) electrons. The van der Waals surface area contributed by atoms with Gasteiger partial charge in [0.1, 0.15) is 6.34 Å². The first-order chi connectivity index (χ1) is 11.4. The van der Waals surface area contributed by atoms with Crippen molar-refractivity contribution in [2.45, 2.75) is 0 Å². The molecule has 0 saturated carbocycles. The van der Waals surface area contributed by atoms with E-state index in [9.17, 15) is 0 Å². The van der Waals surface area contributed by atoms with Crippen molar-refractivity contribution in [3.63, 3.8) is 0 Å². The minimum Gasteiger partial charge on any atom is -0.284 e. The summed E-state index contributed by atoms with van der Waals surface area (Å²) in [6, 6.07) is 21.9. The molecule has 0 aromatic heterocycles. The molecule has 1 aliphatic rings. The number of benzene rings is 4. The van der Waals surface area contributed by atoms with Gasteiger partial charge in [0.05, 0.1) is 0 Å². The van der Waals surface area contributed by atoms with Crippen LogP contribution >= 0.6 is 0 Å². The fraction of sp³-hybridized carbons (Fsp3) is 0. The van der Waals surface area contributed by atoms with Crippen LogP contribution in [0.5, 0.6) is 0 Å². The lowest BCUT2D eigenvalue weighted by molar-refractivity contribution is 0.977. The van der Waals surface area contributed by atoms with Gasteiger partial charge in [-0.2, -0.15) is 5.10 Å². The summed E-state index contributed by atoms with van der Waals surface area (Å²) < 4.78 is 0. The highest BCUT2D eigenvalue weighted by molar-refractivity contribution is 6.22. The molecule has 0 saturated heterocycles. The Morgan fingerprint density at radius 3 is 1.70 bits per heavy atom. The van der Waals surface area contributed by atoms with E-state index in [2.05, 4.69) is 76.2 Å². The van der Waals surface area contributed by atoms with Crippen LogP contribution in [0.4, 0.5) is 0 Å². The highest BCUT2D eigenvalue weighted by Crippen LogP contribution is 2.33. The number of hydrogen-bond acceptors (Lipinski definition) is 3. The van der Waals surface area contributed by atoms with Crippen molar-refractivity contribution in [1.29, 1.82) is 0 Å². The summed E-state index contributed by atoms with van der Waals surface area (Å²) in [7, 11) is 0. The molecule has 3 nitrogen and oxygen atoms in total. The largest absolute Gasteiger partial charge is 0.284 e. The fourth-order valence-corrected chi connectivity index (χ4v) is 2.95. The van der Waals surface area contributed by atoms with Gasteiger partial charge in [-0.25, -0.2) is 4.99 Å². The Balaban J connectivity index is 0.000000164. The van der Waals surface area contributed by atoms with Crippen LogP contribution in [0.2, 0.25) is 0 Å². The van der Waals surface area contributed by atoms with E-state index in [-0.39, 0.29) is 0 Å². The minimum atomic E-state index is 1.34. The standard InChI is InChI=1S/C16H10.C4H5N3/c1-3-11-7-9-13-5-2-6-14-10-8-12(4-1)15(11)16(13)14;1-2-5-4-7-6-3-1/h1-10H;1-4,6H. The van der Waals surface area contributed by atoms with E-state index in [0.717, 1.165) is 0 Å². The summed E-state index contributed by atoms with van der Waals surface area (Å²) in [6.45, 7) is 0. The summed E-state index contributed by atoms with van der Waals surface area (Å²) in [6.07, 6.45) is 6.57. The molecule has 0 fully saturated rings. The van der Waals surface area contributed by atoms with Crippen molar-refractivity contribution in [1.82, 2.24) is 5.43 Å². The first kappa shape index (κ1) is 13.5. The molecule has 1 N–H and O–H groups in total. The second-order valence-corrected chi connectivity index (χ2v) is 5.32. The van der Waals surface area contributed by atoms with Crippen molar-refractivity contribution in [3.05, 3.63) is 72.9 Å². The number of allylic oxidation sites excluding steroid dienone is 1. The van der Waals surface area contributed by atoms with Crippen molar-refractivity contribution in [2.75, 3.05) is 0 Å². The van der Waals surface area contributed by atoms with Crippen LogP contribution in [0.1, 0.15) is 0 Å². The summed E-state index contributed by atoms with van der Waals surface area (Å²) in [5.74, 6) is 0. The topological polar surface area (TPSA) is 36.8 Å². The zero-order valence-corrected chi connectivity index (χ0v) is 12.5. The molecule has 1 heterocycles. The summed E-state index contributed by atoms with van der Waals surface area (Å²) >= 11 is 0. The number of nitrogens with zero attached hydrogens (tertiary/aromatic N) is 2.